The van der Waals surface area contributed by atoms with Crippen LogP contribution in [-0.4, -0.2) is 16.3 Å². The molecular weight excluding hydrogens is 286 g/mol. The summed E-state index contributed by atoms with van der Waals surface area (Å²) in [6.45, 7) is 3.06. The lowest BCUT2D eigenvalue weighted by Crippen LogP contribution is -2.20. The van der Waals surface area contributed by atoms with Gasteiger partial charge in [-0.25, -0.2) is 0 Å². The number of hydrogen-bond donors (Lipinski definition) is 1. The van der Waals surface area contributed by atoms with Crippen LogP contribution in [0, 0.1) is 0 Å². The fourth-order valence-corrected chi connectivity index (χ4v) is 3.19. The molecule has 1 N–H and O–H groups in total. The molecule has 0 aromatic carbocycles. The summed E-state index contributed by atoms with van der Waals surface area (Å²) in [7, 11) is 1.94. The summed E-state index contributed by atoms with van der Waals surface area (Å²) < 4.78 is 3.00. The molecule has 1 atom stereocenters. The number of aromatic nitrogens is 2. The Morgan fingerprint density at radius 1 is 1.56 bits per heavy atom. The first-order valence-corrected chi connectivity index (χ1v) is 6.79. The SMILES string of the molecule is CCNC(c1cnn(C)c1)c1ccc(Br)s1. The summed E-state index contributed by atoms with van der Waals surface area (Å²) >= 11 is 5.26. The number of nitrogens with one attached hydrogen (secondary N) is 1. The molecule has 0 aliphatic carbocycles. The average molecular weight is 300 g/mol. The van der Waals surface area contributed by atoms with E-state index >= 15 is 0 Å². The lowest BCUT2D eigenvalue weighted by molar-refractivity contribution is 0.638. The van der Waals surface area contributed by atoms with Crippen LogP contribution in [0.3, 0.4) is 0 Å². The van der Waals surface area contributed by atoms with Crippen molar-refractivity contribution in [2.75, 3.05) is 6.54 Å². The third-order valence-corrected chi connectivity index (χ3v) is 4.03. The molecule has 3 nitrogen and oxygen atoms in total. The Morgan fingerprint density at radius 2 is 2.38 bits per heavy atom. The predicted molar refractivity (Wildman–Crippen MR) is 70.7 cm³/mol. The van der Waals surface area contributed by atoms with Gasteiger partial charge in [0.15, 0.2) is 0 Å². The van der Waals surface area contributed by atoms with Gasteiger partial charge in [0.2, 0.25) is 0 Å². The second kappa shape index (κ2) is 5.12. The number of aryl methyl sites for hydroxylation is 1. The number of hydrogen-bond acceptors (Lipinski definition) is 3. The van der Waals surface area contributed by atoms with Gasteiger partial charge in [0.1, 0.15) is 0 Å². The maximum atomic E-state index is 4.22. The van der Waals surface area contributed by atoms with E-state index in [1.54, 1.807) is 11.3 Å². The van der Waals surface area contributed by atoms with Crippen molar-refractivity contribution in [2.24, 2.45) is 7.05 Å². The van der Waals surface area contributed by atoms with E-state index in [1.807, 2.05) is 17.9 Å². The minimum atomic E-state index is 0.245. The highest BCUT2D eigenvalue weighted by Gasteiger charge is 2.16. The summed E-state index contributed by atoms with van der Waals surface area (Å²) in [5.74, 6) is 0. The highest BCUT2D eigenvalue weighted by molar-refractivity contribution is 9.11. The summed E-state index contributed by atoms with van der Waals surface area (Å²) in [4.78, 5) is 1.31. The zero-order valence-corrected chi connectivity index (χ0v) is 11.7. The molecule has 5 heteroatoms. The maximum Gasteiger partial charge on any atom is 0.0702 e. The third-order valence-electron chi connectivity index (χ3n) is 2.34. The maximum absolute atomic E-state index is 4.22. The number of halogens is 1. The van der Waals surface area contributed by atoms with Gasteiger partial charge in [-0.1, -0.05) is 6.92 Å². The number of nitrogens with zero attached hydrogens (tertiary/aromatic N) is 2. The van der Waals surface area contributed by atoms with E-state index in [0.717, 1.165) is 10.3 Å². The minimum absolute atomic E-state index is 0.245. The van der Waals surface area contributed by atoms with Crippen LogP contribution in [0.25, 0.3) is 0 Å². The topological polar surface area (TPSA) is 29.9 Å². The standard InChI is InChI=1S/C11H14BrN3S/c1-3-13-11(8-6-14-15(2)7-8)9-4-5-10(12)16-9/h4-7,11,13H,3H2,1-2H3. The van der Waals surface area contributed by atoms with E-state index in [-0.39, 0.29) is 6.04 Å². The molecule has 86 valence electrons. The monoisotopic (exact) mass is 299 g/mol. The predicted octanol–water partition coefficient (Wildman–Crippen LogP) is 2.94. The van der Waals surface area contributed by atoms with Crippen molar-refractivity contribution in [1.82, 2.24) is 15.1 Å². The fraction of sp³-hybridized carbons (Fsp3) is 0.364. The first-order chi connectivity index (χ1) is 7.70. The van der Waals surface area contributed by atoms with Crippen LogP contribution in [-0.2, 0) is 7.05 Å². The second-order valence-electron chi connectivity index (χ2n) is 3.58. The van der Waals surface area contributed by atoms with Crippen LogP contribution in [0.2, 0.25) is 0 Å². The first kappa shape index (κ1) is 11.8. The van der Waals surface area contributed by atoms with Crippen molar-refractivity contribution in [2.45, 2.75) is 13.0 Å². The first-order valence-electron chi connectivity index (χ1n) is 5.18. The molecule has 0 amide bonds. The molecule has 0 aliphatic heterocycles. The van der Waals surface area contributed by atoms with Crippen molar-refractivity contribution in [3.8, 4) is 0 Å². The van der Waals surface area contributed by atoms with Crippen LogP contribution < -0.4 is 5.32 Å². The average Bonchev–Trinajstić information content (AvgIpc) is 2.84. The number of rotatable bonds is 4. The van der Waals surface area contributed by atoms with Gasteiger partial charge in [-0.15, -0.1) is 11.3 Å². The molecule has 2 heterocycles. The zero-order chi connectivity index (χ0) is 11.5. The molecule has 2 aromatic rings. The molecule has 0 spiro atoms. The highest BCUT2D eigenvalue weighted by Crippen LogP contribution is 2.30. The fourth-order valence-electron chi connectivity index (χ4n) is 1.66. The van der Waals surface area contributed by atoms with E-state index in [9.17, 15) is 0 Å². The molecule has 16 heavy (non-hydrogen) atoms. The van der Waals surface area contributed by atoms with Gasteiger partial charge < -0.3 is 5.32 Å². The van der Waals surface area contributed by atoms with Gasteiger partial charge >= 0.3 is 0 Å². The Balaban J connectivity index is 2.30. The largest absolute Gasteiger partial charge is 0.306 e. The highest BCUT2D eigenvalue weighted by atomic mass is 79.9. The van der Waals surface area contributed by atoms with E-state index in [2.05, 4.69) is 51.6 Å². The Kier molecular flexibility index (Phi) is 3.78. The minimum Gasteiger partial charge on any atom is -0.306 e. The summed E-state index contributed by atoms with van der Waals surface area (Å²) in [5.41, 5.74) is 1.21. The molecule has 2 rings (SSSR count). The lowest BCUT2D eigenvalue weighted by atomic mass is 10.1. The van der Waals surface area contributed by atoms with Crippen molar-refractivity contribution in [1.29, 1.82) is 0 Å². The van der Waals surface area contributed by atoms with Gasteiger partial charge in [0, 0.05) is 23.7 Å². The van der Waals surface area contributed by atoms with Gasteiger partial charge in [-0.05, 0) is 34.6 Å². The molecule has 0 saturated carbocycles. The van der Waals surface area contributed by atoms with Crippen molar-refractivity contribution >= 4 is 27.3 Å². The lowest BCUT2D eigenvalue weighted by Gasteiger charge is -2.14. The number of thiophene rings is 1. The summed E-state index contributed by atoms with van der Waals surface area (Å²) in [5, 5.41) is 7.70. The van der Waals surface area contributed by atoms with Crippen molar-refractivity contribution in [3.05, 3.63) is 38.8 Å². The van der Waals surface area contributed by atoms with Crippen LogP contribution >= 0.6 is 27.3 Å². The van der Waals surface area contributed by atoms with Gasteiger partial charge in [0.25, 0.3) is 0 Å². The molecule has 0 bridgehead atoms. The molecule has 1 unspecified atom stereocenters. The van der Waals surface area contributed by atoms with Crippen LogP contribution in [0.15, 0.2) is 28.3 Å². The van der Waals surface area contributed by atoms with E-state index in [1.165, 1.54) is 10.4 Å². The third kappa shape index (κ3) is 2.53. The van der Waals surface area contributed by atoms with Gasteiger partial charge in [-0.3, -0.25) is 4.68 Å². The van der Waals surface area contributed by atoms with Crippen LogP contribution in [0.4, 0.5) is 0 Å². The van der Waals surface area contributed by atoms with E-state index in [4.69, 9.17) is 0 Å². The van der Waals surface area contributed by atoms with Crippen molar-refractivity contribution in [3.63, 3.8) is 0 Å². The van der Waals surface area contributed by atoms with Crippen molar-refractivity contribution < 1.29 is 0 Å². The normalized spacial score (nSPS) is 12.9. The zero-order valence-electron chi connectivity index (χ0n) is 9.27. The second-order valence-corrected chi connectivity index (χ2v) is 6.07. The van der Waals surface area contributed by atoms with Crippen LogP contribution in [0.5, 0.6) is 0 Å². The quantitative estimate of drug-likeness (QED) is 0.941. The van der Waals surface area contributed by atoms with E-state index in [0.29, 0.717) is 0 Å². The molecule has 2 aromatic heterocycles. The molecule has 0 saturated heterocycles. The van der Waals surface area contributed by atoms with Gasteiger partial charge in [-0.2, -0.15) is 5.10 Å². The Bertz CT molecular complexity index is 423. The Hall–Kier alpha value is -0.650. The molecule has 0 aliphatic rings. The molecular formula is C11H14BrN3S. The van der Waals surface area contributed by atoms with Gasteiger partial charge in [0.05, 0.1) is 16.0 Å². The summed E-state index contributed by atoms with van der Waals surface area (Å²) in [6.07, 6.45) is 3.97. The Labute approximate surface area is 108 Å². The smallest absolute Gasteiger partial charge is 0.0702 e. The molecule has 0 fully saturated rings. The Morgan fingerprint density at radius 3 is 2.88 bits per heavy atom. The van der Waals surface area contributed by atoms with E-state index < -0.39 is 0 Å². The molecule has 0 radical (unpaired) electrons. The van der Waals surface area contributed by atoms with Crippen LogP contribution in [0.1, 0.15) is 23.4 Å². The summed E-state index contributed by atoms with van der Waals surface area (Å²) in [6, 6.07) is 4.48.